The summed E-state index contributed by atoms with van der Waals surface area (Å²) >= 11 is 6.36. The molecule has 0 aliphatic rings. The smallest absolute Gasteiger partial charge is 0.251 e. The van der Waals surface area contributed by atoms with Crippen LogP contribution in [-0.4, -0.2) is 31.4 Å². The molecule has 0 aromatic heterocycles. The molecule has 5 heteroatoms. The highest BCUT2D eigenvalue weighted by Crippen LogP contribution is 2.25. The van der Waals surface area contributed by atoms with E-state index in [1.807, 2.05) is 97.9 Å². The highest BCUT2D eigenvalue weighted by molar-refractivity contribution is 6.31. The van der Waals surface area contributed by atoms with Crippen LogP contribution in [0.3, 0.4) is 0 Å². The van der Waals surface area contributed by atoms with Crippen LogP contribution in [0.25, 0.3) is 0 Å². The maximum atomic E-state index is 12.9. The molecule has 0 aliphatic heterocycles. The van der Waals surface area contributed by atoms with Crippen molar-refractivity contribution < 1.29 is 9.53 Å². The number of carbonyl (C=O) groups is 1. The fourth-order valence-corrected chi connectivity index (χ4v) is 3.41. The molecule has 1 amide bonds. The van der Waals surface area contributed by atoms with Crippen LogP contribution in [0.4, 0.5) is 0 Å². The third kappa shape index (κ3) is 5.59. The number of nitrogens with zero attached hydrogens (tertiary/aromatic N) is 1. The molecule has 3 rings (SSSR count). The van der Waals surface area contributed by atoms with E-state index in [0.29, 0.717) is 23.7 Å². The molecule has 0 bridgehead atoms. The van der Waals surface area contributed by atoms with Gasteiger partial charge >= 0.3 is 0 Å². The molecule has 3 aromatic carbocycles. The van der Waals surface area contributed by atoms with Crippen LogP contribution < -0.4 is 10.1 Å². The molecule has 0 heterocycles. The summed E-state index contributed by atoms with van der Waals surface area (Å²) in [6, 6.07) is 24.8. The van der Waals surface area contributed by atoms with Crippen molar-refractivity contribution in [2.24, 2.45) is 0 Å². The van der Waals surface area contributed by atoms with Crippen LogP contribution >= 0.6 is 11.6 Å². The first kappa shape index (κ1) is 20.9. The molecule has 0 fully saturated rings. The van der Waals surface area contributed by atoms with Gasteiger partial charge in [0, 0.05) is 22.7 Å². The van der Waals surface area contributed by atoms with E-state index in [-0.39, 0.29) is 11.9 Å². The van der Waals surface area contributed by atoms with Crippen molar-refractivity contribution in [2.45, 2.75) is 12.6 Å². The van der Waals surface area contributed by atoms with Crippen LogP contribution in [-0.2, 0) is 6.61 Å². The number of halogens is 1. The minimum Gasteiger partial charge on any atom is -0.489 e. The van der Waals surface area contributed by atoms with Gasteiger partial charge in [0.15, 0.2) is 0 Å². The summed E-state index contributed by atoms with van der Waals surface area (Å²) in [4.78, 5) is 14.9. The van der Waals surface area contributed by atoms with Crippen molar-refractivity contribution in [3.05, 3.63) is 101 Å². The zero-order valence-electron chi connectivity index (χ0n) is 16.6. The Labute approximate surface area is 177 Å². The van der Waals surface area contributed by atoms with Gasteiger partial charge in [0.05, 0.1) is 6.04 Å². The number of carbonyl (C=O) groups excluding carboxylic acids is 1. The lowest BCUT2D eigenvalue weighted by molar-refractivity contribution is 0.0939. The van der Waals surface area contributed by atoms with Crippen molar-refractivity contribution >= 4 is 17.5 Å². The second-order valence-corrected chi connectivity index (χ2v) is 7.38. The Morgan fingerprint density at radius 1 is 0.966 bits per heavy atom. The number of rotatable bonds is 8. The zero-order valence-corrected chi connectivity index (χ0v) is 17.4. The topological polar surface area (TPSA) is 41.6 Å². The molecule has 150 valence electrons. The summed E-state index contributed by atoms with van der Waals surface area (Å²) in [6.07, 6.45) is 0. The van der Waals surface area contributed by atoms with Crippen LogP contribution in [0.2, 0.25) is 5.02 Å². The maximum Gasteiger partial charge on any atom is 0.251 e. The Kier molecular flexibility index (Phi) is 7.28. The first-order valence-corrected chi connectivity index (χ1v) is 9.89. The lowest BCUT2D eigenvalue weighted by atomic mass is 10.0. The van der Waals surface area contributed by atoms with Gasteiger partial charge in [-0.1, -0.05) is 66.2 Å². The summed E-state index contributed by atoms with van der Waals surface area (Å²) < 4.78 is 5.83. The predicted octanol–water partition coefficient (Wildman–Crippen LogP) is 4.95. The molecule has 1 N–H and O–H groups in total. The quantitative estimate of drug-likeness (QED) is 0.573. The first-order valence-electron chi connectivity index (χ1n) is 9.51. The van der Waals surface area contributed by atoms with Gasteiger partial charge in [-0.05, 0) is 43.9 Å². The Morgan fingerprint density at radius 2 is 1.62 bits per heavy atom. The van der Waals surface area contributed by atoms with Gasteiger partial charge in [-0.2, -0.15) is 0 Å². The minimum absolute atomic E-state index is 0.0274. The lowest BCUT2D eigenvalue weighted by Crippen LogP contribution is -2.35. The Balaban J connectivity index is 1.69. The summed E-state index contributed by atoms with van der Waals surface area (Å²) in [5.41, 5.74) is 2.44. The second kappa shape index (κ2) is 10.1. The number of hydrogen-bond donors (Lipinski definition) is 1. The van der Waals surface area contributed by atoms with E-state index in [4.69, 9.17) is 16.3 Å². The maximum absolute atomic E-state index is 12.9. The zero-order chi connectivity index (χ0) is 20.6. The predicted molar refractivity (Wildman–Crippen MR) is 117 cm³/mol. The molecular formula is C24H25ClN2O2. The molecule has 0 saturated carbocycles. The van der Waals surface area contributed by atoms with E-state index in [2.05, 4.69) is 5.32 Å². The number of benzene rings is 3. The molecular weight excluding hydrogens is 384 g/mol. The van der Waals surface area contributed by atoms with Crippen LogP contribution in [0, 0.1) is 0 Å². The summed E-state index contributed by atoms with van der Waals surface area (Å²) in [5, 5.41) is 3.74. The number of likely N-dealkylation sites (N-methyl/N-ethyl adjacent to an activating group) is 1. The fourth-order valence-electron chi connectivity index (χ4n) is 3.15. The molecule has 0 saturated heterocycles. The van der Waals surface area contributed by atoms with Crippen molar-refractivity contribution in [1.82, 2.24) is 10.2 Å². The van der Waals surface area contributed by atoms with E-state index < -0.39 is 0 Å². The van der Waals surface area contributed by atoms with Gasteiger partial charge in [-0.25, -0.2) is 0 Å². The molecule has 1 atom stereocenters. The first-order chi connectivity index (χ1) is 14.1. The van der Waals surface area contributed by atoms with Gasteiger partial charge in [-0.3, -0.25) is 4.79 Å². The third-order valence-corrected chi connectivity index (χ3v) is 5.09. The van der Waals surface area contributed by atoms with Crippen molar-refractivity contribution in [3.8, 4) is 5.75 Å². The lowest BCUT2D eigenvalue weighted by Gasteiger charge is -2.26. The highest BCUT2D eigenvalue weighted by Gasteiger charge is 2.19. The summed E-state index contributed by atoms with van der Waals surface area (Å²) in [6.45, 7) is 0.776. The Hall–Kier alpha value is -2.82. The molecule has 0 aliphatic carbocycles. The Bertz CT molecular complexity index is 944. The fraction of sp³-hybridized carbons (Fsp3) is 0.208. The number of ether oxygens (including phenoxy) is 1. The SMILES string of the molecule is CN(C)C(CNC(=O)c1ccccc1COc1ccccc1)c1ccccc1Cl. The van der Waals surface area contributed by atoms with E-state index in [1.54, 1.807) is 0 Å². The number of para-hydroxylation sites is 1. The van der Waals surface area contributed by atoms with Crippen molar-refractivity contribution in [3.63, 3.8) is 0 Å². The van der Waals surface area contributed by atoms with Gasteiger partial charge in [0.2, 0.25) is 0 Å². The van der Waals surface area contributed by atoms with Crippen LogP contribution in [0.15, 0.2) is 78.9 Å². The van der Waals surface area contributed by atoms with E-state index in [9.17, 15) is 4.79 Å². The monoisotopic (exact) mass is 408 g/mol. The highest BCUT2D eigenvalue weighted by atomic mass is 35.5. The summed E-state index contributed by atoms with van der Waals surface area (Å²) in [5.74, 6) is 0.644. The second-order valence-electron chi connectivity index (χ2n) is 6.97. The van der Waals surface area contributed by atoms with Crippen LogP contribution in [0.5, 0.6) is 5.75 Å². The minimum atomic E-state index is -0.129. The molecule has 3 aromatic rings. The average molecular weight is 409 g/mol. The largest absolute Gasteiger partial charge is 0.489 e. The van der Waals surface area contributed by atoms with Gasteiger partial charge in [0.25, 0.3) is 5.91 Å². The van der Waals surface area contributed by atoms with Crippen molar-refractivity contribution in [2.75, 3.05) is 20.6 Å². The van der Waals surface area contributed by atoms with Gasteiger partial charge in [-0.15, -0.1) is 0 Å². The number of hydrogen-bond acceptors (Lipinski definition) is 3. The van der Waals surface area contributed by atoms with E-state index in [1.165, 1.54) is 0 Å². The Morgan fingerprint density at radius 3 is 2.34 bits per heavy atom. The number of amides is 1. The average Bonchev–Trinajstić information content (AvgIpc) is 2.74. The third-order valence-electron chi connectivity index (χ3n) is 4.74. The normalized spacial score (nSPS) is 11.9. The van der Waals surface area contributed by atoms with E-state index in [0.717, 1.165) is 16.9 Å². The molecule has 4 nitrogen and oxygen atoms in total. The standard InChI is InChI=1S/C24H25ClN2O2/c1-27(2)23(21-14-8-9-15-22(21)25)16-26-24(28)20-13-7-6-10-18(20)17-29-19-11-4-3-5-12-19/h3-15,23H,16-17H2,1-2H3,(H,26,28). The summed E-state index contributed by atoms with van der Waals surface area (Å²) in [7, 11) is 3.95. The molecule has 0 radical (unpaired) electrons. The molecule has 1 unspecified atom stereocenters. The van der Waals surface area contributed by atoms with Gasteiger partial charge < -0.3 is 15.0 Å². The van der Waals surface area contributed by atoms with E-state index >= 15 is 0 Å². The number of nitrogens with one attached hydrogen (secondary N) is 1. The molecule has 0 spiro atoms. The van der Waals surface area contributed by atoms with Crippen molar-refractivity contribution in [1.29, 1.82) is 0 Å². The van der Waals surface area contributed by atoms with Gasteiger partial charge in [0.1, 0.15) is 12.4 Å². The van der Waals surface area contributed by atoms with Crippen LogP contribution in [0.1, 0.15) is 27.5 Å². The molecule has 29 heavy (non-hydrogen) atoms.